The van der Waals surface area contributed by atoms with Crippen LogP contribution in [0, 0.1) is 5.92 Å². The molecule has 1 fully saturated rings. The summed E-state index contributed by atoms with van der Waals surface area (Å²) in [6.07, 6.45) is 12.7. The van der Waals surface area contributed by atoms with Gasteiger partial charge in [-0.15, -0.1) is 0 Å². The van der Waals surface area contributed by atoms with E-state index in [2.05, 4.69) is 11.5 Å². The van der Waals surface area contributed by atoms with Crippen LogP contribution in [-0.2, 0) is 11.2 Å². The van der Waals surface area contributed by atoms with Crippen molar-refractivity contribution in [1.29, 1.82) is 0 Å². The number of unbranched alkanes of at least 4 members (excludes halogenated alkanes) is 3. The summed E-state index contributed by atoms with van der Waals surface area (Å²) in [6, 6.07) is 7.70. The summed E-state index contributed by atoms with van der Waals surface area (Å²) in [5, 5.41) is 0. The molecule has 0 aromatic heterocycles. The van der Waals surface area contributed by atoms with Crippen LogP contribution in [0.5, 0.6) is 0 Å². The Hall–Kier alpha value is -1.39. The lowest BCUT2D eigenvalue weighted by atomic mass is 9.90. The van der Waals surface area contributed by atoms with Crippen LogP contribution in [0.3, 0.4) is 0 Å². The normalized spacial score (nSPS) is 15.4. The summed E-state index contributed by atoms with van der Waals surface area (Å²) >= 11 is 0. The van der Waals surface area contributed by atoms with E-state index in [-0.39, 0.29) is 5.91 Å². The topological polar surface area (TPSA) is 64.3 Å². The van der Waals surface area contributed by atoms with E-state index in [0.29, 0.717) is 5.56 Å². The Morgan fingerprint density at radius 1 is 1.12 bits per heavy atom. The van der Waals surface area contributed by atoms with E-state index in [1.54, 1.807) is 6.07 Å². The van der Waals surface area contributed by atoms with Gasteiger partial charge in [0.05, 0.1) is 0 Å². The number of hydrazine groups is 1. The molecule has 1 aromatic carbocycles. The first-order valence-corrected chi connectivity index (χ1v) is 9.47. The minimum Gasteiger partial charge on any atom is -0.381 e. The highest BCUT2D eigenvalue weighted by Gasteiger charge is 2.12. The predicted octanol–water partition coefficient (Wildman–Crippen LogP) is 3.99. The Labute approximate surface area is 146 Å². The fourth-order valence-corrected chi connectivity index (χ4v) is 3.44. The van der Waals surface area contributed by atoms with E-state index in [1.807, 2.05) is 12.1 Å². The molecule has 1 amide bonds. The highest BCUT2D eigenvalue weighted by Crippen LogP contribution is 2.23. The van der Waals surface area contributed by atoms with Crippen molar-refractivity contribution in [2.75, 3.05) is 13.2 Å². The average Bonchev–Trinajstić information content (AvgIpc) is 2.64. The van der Waals surface area contributed by atoms with Gasteiger partial charge < -0.3 is 4.74 Å². The third-order valence-corrected chi connectivity index (χ3v) is 4.90. The molecule has 0 radical (unpaired) electrons. The van der Waals surface area contributed by atoms with Gasteiger partial charge in [-0.25, -0.2) is 5.84 Å². The van der Waals surface area contributed by atoms with Gasteiger partial charge in [-0.05, 0) is 55.7 Å². The number of carbonyl (C=O) groups is 1. The summed E-state index contributed by atoms with van der Waals surface area (Å²) in [5.41, 5.74) is 4.00. The number of hydrogen-bond acceptors (Lipinski definition) is 3. The van der Waals surface area contributed by atoms with Gasteiger partial charge in [0.1, 0.15) is 0 Å². The van der Waals surface area contributed by atoms with Crippen molar-refractivity contribution in [3.8, 4) is 0 Å². The number of carbonyl (C=O) groups excluding carboxylic acids is 1. The van der Waals surface area contributed by atoms with Crippen molar-refractivity contribution in [3.05, 3.63) is 35.4 Å². The molecule has 0 atom stereocenters. The van der Waals surface area contributed by atoms with E-state index in [1.165, 1.54) is 50.5 Å². The number of ether oxygens (including phenoxy) is 1. The smallest absolute Gasteiger partial charge is 0.265 e. The first-order valence-electron chi connectivity index (χ1n) is 9.47. The van der Waals surface area contributed by atoms with Gasteiger partial charge in [-0.1, -0.05) is 44.2 Å². The summed E-state index contributed by atoms with van der Waals surface area (Å²) in [4.78, 5) is 11.5. The highest BCUT2D eigenvalue weighted by atomic mass is 16.5. The summed E-state index contributed by atoms with van der Waals surface area (Å²) in [7, 11) is 0. The lowest BCUT2D eigenvalue weighted by Gasteiger charge is -2.21. The molecule has 24 heavy (non-hydrogen) atoms. The van der Waals surface area contributed by atoms with Crippen LogP contribution in [-0.4, -0.2) is 19.1 Å². The number of aryl methyl sites for hydroxylation is 1. The molecule has 0 unspecified atom stereocenters. The van der Waals surface area contributed by atoms with Crippen molar-refractivity contribution in [2.24, 2.45) is 11.8 Å². The molecule has 2 rings (SSSR count). The zero-order valence-corrected chi connectivity index (χ0v) is 14.8. The van der Waals surface area contributed by atoms with Crippen molar-refractivity contribution in [2.45, 2.75) is 64.2 Å². The van der Waals surface area contributed by atoms with Gasteiger partial charge in [0, 0.05) is 18.8 Å². The van der Waals surface area contributed by atoms with Gasteiger partial charge in [0.15, 0.2) is 0 Å². The lowest BCUT2D eigenvalue weighted by molar-refractivity contribution is 0.0824. The molecule has 0 saturated heterocycles. The van der Waals surface area contributed by atoms with Crippen LogP contribution >= 0.6 is 0 Å². The van der Waals surface area contributed by atoms with Crippen LogP contribution in [0.2, 0.25) is 0 Å². The number of nitrogen functional groups attached to an aromatic ring is 1. The Kier molecular flexibility index (Phi) is 8.85. The molecule has 134 valence electrons. The van der Waals surface area contributed by atoms with Gasteiger partial charge in [0.25, 0.3) is 5.91 Å². The Morgan fingerprint density at radius 3 is 2.71 bits per heavy atom. The maximum atomic E-state index is 11.5. The minimum absolute atomic E-state index is 0.230. The number of amides is 1. The second-order valence-electron chi connectivity index (χ2n) is 6.92. The Bertz CT molecular complexity index is 484. The standard InChI is InChI=1S/C20H32N2O2/c21-22-20(23)19-13-8-12-17(15-19)9-4-1-2-7-14-24-16-18-10-5-3-6-11-18/h8,12-13,15,18H,1-7,9-11,14,16,21H2,(H,22,23). The molecule has 0 aliphatic heterocycles. The number of nitrogens with two attached hydrogens (primary N) is 1. The van der Waals surface area contributed by atoms with E-state index >= 15 is 0 Å². The fraction of sp³-hybridized carbons (Fsp3) is 0.650. The molecule has 0 heterocycles. The molecule has 4 heteroatoms. The Morgan fingerprint density at radius 2 is 1.92 bits per heavy atom. The predicted molar refractivity (Wildman–Crippen MR) is 97.7 cm³/mol. The van der Waals surface area contributed by atoms with E-state index in [0.717, 1.165) is 38.4 Å². The molecular weight excluding hydrogens is 300 g/mol. The lowest BCUT2D eigenvalue weighted by Crippen LogP contribution is -2.29. The number of nitrogens with one attached hydrogen (secondary N) is 1. The molecule has 1 aliphatic rings. The molecule has 1 saturated carbocycles. The number of hydrogen-bond donors (Lipinski definition) is 2. The highest BCUT2D eigenvalue weighted by molar-refractivity contribution is 5.93. The molecule has 4 nitrogen and oxygen atoms in total. The van der Waals surface area contributed by atoms with Gasteiger partial charge >= 0.3 is 0 Å². The van der Waals surface area contributed by atoms with Crippen LogP contribution in [0.25, 0.3) is 0 Å². The molecule has 1 aliphatic carbocycles. The zero-order valence-electron chi connectivity index (χ0n) is 14.8. The zero-order chi connectivity index (χ0) is 17.0. The number of rotatable bonds is 10. The molecule has 1 aromatic rings. The van der Waals surface area contributed by atoms with Crippen molar-refractivity contribution in [3.63, 3.8) is 0 Å². The summed E-state index contributed by atoms with van der Waals surface area (Å²) in [5.74, 6) is 5.76. The maximum absolute atomic E-state index is 11.5. The second-order valence-corrected chi connectivity index (χ2v) is 6.92. The molecular formula is C20H32N2O2. The van der Waals surface area contributed by atoms with Crippen molar-refractivity contribution >= 4 is 5.91 Å². The second kappa shape index (κ2) is 11.2. The van der Waals surface area contributed by atoms with Crippen LogP contribution < -0.4 is 11.3 Å². The average molecular weight is 332 g/mol. The number of benzene rings is 1. The van der Waals surface area contributed by atoms with E-state index in [9.17, 15) is 4.79 Å². The quantitative estimate of drug-likeness (QED) is 0.295. The first-order chi connectivity index (χ1) is 11.8. The van der Waals surface area contributed by atoms with Crippen molar-refractivity contribution in [1.82, 2.24) is 5.43 Å². The van der Waals surface area contributed by atoms with E-state index < -0.39 is 0 Å². The molecule has 0 spiro atoms. The largest absolute Gasteiger partial charge is 0.381 e. The minimum atomic E-state index is -0.230. The van der Waals surface area contributed by atoms with E-state index in [4.69, 9.17) is 10.6 Å². The monoisotopic (exact) mass is 332 g/mol. The van der Waals surface area contributed by atoms with Crippen LogP contribution in [0.15, 0.2) is 24.3 Å². The maximum Gasteiger partial charge on any atom is 0.265 e. The molecule has 3 N–H and O–H groups in total. The third-order valence-electron chi connectivity index (χ3n) is 4.90. The third kappa shape index (κ3) is 7.02. The summed E-state index contributed by atoms with van der Waals surface area (Å²) in [6.45, 7) is 1.87. The van der Waals surface area contributed by atoms with Gasteiger partial charge in [-0.2, -0.15) is 0 Å². The van der Waals surface area contributed by atoms with Gasteiger partial charge in [0.2, 0.25) is 0 Å². The fourth-order valence-electron chi connectivity index (χ4n) is 3.44. The van der Waals surface area contributed by atoms with Gasteiger partial charge in [-0.3, -0.25) is 10.2 Å². The van der Waals surface area contributed by atoms with Crippen molar-refractivity contribution < 1.29 is 9.53 Å². The van der Waals surface area contributed by atoms with Crippen LogP contribution in [0.4, 0.5) is 0 Å². The summed E-state index contributed by atoms with van der Waals surface area (Å²) < 4.78 is 5.84. The Balaban J connectivity index is 1.50. The van der Waals surface area contributed by atoms with Crippen LogP contribution in [0.1, 0.15) is 73.7 Å². The molecule has 0 bridgehead atoms. The SMILES string of the molecule is NNC(=O)c1cccc(CCCCCCOCC2CCCCC2)c1. The first kappa shape index (κ1) is 18.9.